The fourth-order valence-corrected chi connectivity index (χ4v) is 3.14. The Balaban J connectivity index is 2.41. The van der Waals surface area contributed by atoms with E-state index in [1.54, 1.807) is 5.54 Å². The van der Waals surface area contributed by atoms with E-state index in [0.717, 1.165) is 15.0 Å². The molecule has 0 nitrogen and oxygen atoms in total. The fraction of sp³-hybridized carbons (Fsp3) is 0.600. The Bertz CT molecular complexity index is 80.1. The molecule has 0 aromatic heterocycles. The first-order chi connectivity index (χ1) is 3.43. The van der Waals surface area contributed by atoms with Gasteiger partial charge in [0.15, 0.2) is 0 Å². The van der Waals surface area contributed by atoms with Crippen LogP contribution in [0.3, 0.4) is 0 Å². The Kier molecular flexibility index (Phi) is 2.24. The normalized spacial score (nSPS) is 26.7. The summed E-state index contributed by atoms with van der Waals surface area (Å²) in [6.07, 6.45) is 1.27. The second kappa shape index (κ2) is 2.76. The maximum absolute atomic E-state index is 5.46. The first kappa shape index (κ1) is 5.68. The molecule has 1 heterocycles. The van der Waals surface area contributed by atoms with E-state index in [9.17, 15) is 0 Å². The molecule has 0 aromatic rings. The van der Waals surface area contributed by atoms with Crippen LogP contribution in [0.15, 0.2) is 11.1 Å². The summed E-state index contributed by atoms with van der Waals surface area (Å²) in [4.78, 5) is 0. The summed E-state index contributed by atoms with van der Waals surface area (Å²) < 4.78 is 0. The third-order valence-corrected chi connectivity index (χ3v) is 3.56. The molecule has 7 heavy (non-hydrogen) atoms. The molecule has 0 aromatic carbocycles. The minimum atomic E-state index is 0.890. The van der Waals surface area contributed by atoms with Gasteiger partial charge < -0.3 is 0 Å². The van der Waals surface area contributed by atoms with Crippen molar-refractivity contribution in [2.24, 2.45) is 0 Å². The monoisotopic (exact) mass is 182 g/mol. The summed E-state index contributed by atoms with van der Waals surface area (Å²) in [6.45, 7) is 0. The van der Waals surface area contributed by atoms with Gasteiger partial charge in [0, 0.05) is 0 Å². The van der Waals surface area contributed by atoms with Crippen molar-refractivity contribution in [1.82, 2.24) is 0 Å². The molecule has 0 N–H and O–H groups in total. The van der Waals surface area contributed by atoms with Crippen LogP contribution in [0.1, 0.15) is 6.42 Å². The van der Waals surface area contributed by atoms with Crippen LogP contribution in [-0.4, -0.2) is 15.0 Å². The standard InChI is InChI=1S/C5H7ClSe/c6-3-5-1-2-7-4-5/h3H,1-2,4H2/b5-3+. The molecule has 0 saturated carbocycles. The SMILES string of the molecule is Cl/C=C1\CC[Se]C1. The molecule has 1 rings (SSSR count). The quantitative estimate of drug-likeness (QED) is 0.502. The van der Waals surface area contributed by atoms with Crippen LogP contribution >= 0.6 is 11.6 Å². The van der Waals surface area contributed by atoms with E-state index in [1.807, 2.05) is 0 Å². The van der Waals surface area contributed by atoms with Gasteiger partial charge in [0.1, 0.15) is 0 Å². The number of hydrogen-bond donors (Lipinski definition) is 0. The summed E-state index contributed by atoms with van der Waals surface area (Å²) in [6, 6.07) is 0. The number of allylic oxidation sites excluding steroid dienone is 1. The van der Waals surface area contributed by atoms with Crippen LogP contribution in [0.5, 0.6) is 0 Å². The van der Waals surface area contributed by atoms with Gasteiger partial charge in [-0.1, -0.05) is 0 Å². The zero-order chi connectivity index (χ0) is 5.11. The maximum atomic E-state index is 5.46. The summed E-state index contributed by atoms with van der Waals surface area (Å²) in [5.74, 6) is 0. The zero-order valence-corrected chi connectivity index (χ0v) is 6.45. The van der Waals surface area contributed by atoms with E-state index in [4.69, 9.17) is 11.6 Å². The third kappa shape index (κ3) is 1.49. The zero-order valence-electron chi connectivity index (χ0n) is 3.98. The van der Waals surface area contributed by atoms with E-state index in [-0.39, 0.29) is 0 Å². The molecule has 0 bridgehead atoms. The molecule has 0 atom stereocenters. The Labute approximate surface area is 55.1 Å². The Morgan fingerprint density at radius 1 is 1.71 bits per heavy atom. The van der Waals surface area contributed by atoms with Gasteiger partial charge in [-0.2, -0.15) is 0 Å². The molecule has 2 heteroatoms. The van der Waals surface area contributed by atoms with Crippen LogP contribution in [0, 0.1) is 0 Å². The van der Waals surface area contributed by atoms with Crippen molar-refractivity contribution in [2.75, 3.05) is 0 Å². The third-order valence-electron chi connectivity index (χ3n) is 1.01. The van der Waals surface area contributed by atoms with Gasteiger partial charge in [0.2, 0.25) is 0 Å². The number of hydrogen-bond acceptors (Lipinski definition) is 0. The first-order valence-electron chi connectivity index (χ1n) is 2.29. The molecule has 0 radical (unpaired) electrons. The molecule has 0 spiro atoms. The molecule has 1 saturated heterocycles. The molecule has 40 valence electrons. The molecular weight excluding hydrogens is 174 g/mol. The van der Waals surface area contributed by atoms with Crippen LogP contribution in [0.4, 0.5) is 0 Å². The van der Waals surface area contributed by atoms with Crippen LogP contribution < -0.4 is 0 Å². The predicted molar refractivity (Wildman–Crippen MR) is 33.9 cm³/mol. The van der Waals surface area contributed by atoms with Gasteiger partial charge in [0.05, 0.1) is 0 Å². The summed E-state index contributed by atoms with van der Waals surface area (Å²) in [7, 11) is 0. The van der Waals surface area contributed by atoms with E-state index < -0.39 is 0 Å². The van der Waals surface area contributed by atoms with E-state index in [2.05, 4.69) is 0 Å². The van der Waals surface area contributed by atoms with Gasteiger partial charge in [0.25, 0.3) is 0 Å². The van der Waals surface area contributed by atoms with Crippen molar-refractivity contribution >= 4 is 26.6 Å². The molecule has 0 unspecified atom stereocenters. The van der Waals surface area contributed by atoms with Crippen molar-refractivity contribution in [1.29, 1.82) is 0 Å². The molecule has 0 aliphatic carbocycles. The van der Waals surface area contributed by atoms with E-state index in [0.29, 0.717) is 0 Å². The summed E-state index contributed by atoms with van der Waals surface area (Å²) in [5.41, 5.74) is 3.20. The minimum absolute atomic E-state index is 0.890. The van der Waals surface area contributed by atoms with Gasteiger partial charge >= 0.3 is 54.7 Å². The number of halogens is 1. The van der Waals surface area contributed by atoms with Gasteiger partial charge in [-0.05, 0) is 0 Å². The molecule has 1 aliphatic heterocycles. The Morgan fingerprint density at radius 2 is 2.57 bits per heavy atom. The Morgan fingerprint density at radius 3 is 2.86 bits per heavy atom. The number of rotatable bonds is 0. The van der Waals surface area contributed by atoms with Crippen LogP contribution in [0.2, 0.25) is 10.6 Å². The predicted octanol–water partition coefficient (Wildman–Crippen LogP) is 2.05. The average molecular weight is 182 g/mol. The van der Waals surface area contributed by atoms with E-state index in [1.165, 1.54) is 22.6 Å². The summed E-state index contributed by atoms with van der Waals surface area (Å²) >= 11 is 6.35. The molecule has 1 aliphatic rings. The topological polar surface area (TPSA) is 0 Å². The molecular formula is C5H7ClSe. The van der Waals surface area contributed by atoms with Crippen molar-refractivity contribution < 1.29 is 0 Å². The van der Waals surface area contributed by atoms with Crippen molar-refractivity contribution in [2.45, 2.75) is 17.1 Å². The molecule has 1 fully saturated rings. The second-order valence-corrected chi connectivity index (χ2v) is 4.11. The van der Waals surface area contributed by atoms with Crippen molar-refractivity contribution in [3.05, 3.63) is 11.1 Å². The van der Waals surface area contributed by atoms with Crippen molar-refractivity contribution in [3.8, 4) is 0 Å². The Hall–Kier alpha value is 0.549. The summed E-state index contributed by atoms with van der Waals surface area (Å²) in [5, 5.41) is 2.71. The fourth-order valence-electron chi connectivity index (χ4n) is 0.565. The van der Waals surface area contributed by atoms with Crippen LogP contribution in [-0.2, 0) is 0 Å². The molecule has 0 amide bonds. The van der Waals surface area contributed by atoms with Crippen molar-refractivity contribution in [3.63, 3.8) is 0 Å². The van der Waals surface area contributed by atoms with E-state index >= 15 is 0 Å². The second-order valence-electron chi connectivity index (χ2n) is 1.57. The van der Waals surface area contributed by atoms with Gasteiger partial charge in [-0.25, -0.2) is 0 Å². The van der Waals surface area contributed by atoms with Gasteiger partial charge in [-0.3, -0.25) is 0 Å². The van der Waals surface area contributed by atoms with Crippen LogP contribution in [0.25, 0.3) is 0 Å². The first-order valence-corrected chi connectivity index (χ1v) is 5.15. The average Bonchev–Trinajstić information content (AvgIpc) is 2.14. The van der Waals surface area contributed by atoms with Gasteiger partial charge in [-0.15, -0.1) is 0 Å².